The van der Waals surface area contributed by atoms with Crippen molar-refractivity contribution >= 4 is 17.7 Å². The van der Waals surface area contributed by atoms with Gasteiger partial charge in [-0.1, -0.05) is 30.3 Å². The van der Waals surface area contributed by atoms with Crippen LogP contribution in [0, 0.1) is 0 Å². The molecule has 2 atom stereocenters. The molecule has 1 aromatic rings. The van der Waals surface area contributed by atoms with Crippen LogP contribution in [-0.2, 0) is 9.53 Å². The molecule has 0 aliphatic rings. The second-order valence-electron chi connectivity index (χ2n) is 3.17. The summed E-state index contributed by atoms with van der Waals surface area (Å²) in [5, 5.41) is -0.294. The zero-order valence-electron chi connectivity index (χ0n) is 8.84. The first-order valence-corrected chi connectivity index (χ1v) is 5.97. The number of benzene rings is 1. The van der Waals surface area contributed by atoms with E-state index in [0.29, 0.717) is 0 Å². The highest BCUT2D eigenvalue weighted by atomic mass is 32.2. The Bertz CT molecular complexity index is 314. The molecule has 0 aliphatic carbocycles. The van der Waals surface area contributed by atoms with E-state index < -0.39 is 6.23 Å². The summed E-state index contributed by atoms with van der Waals surface area (Å²) in [7, 11) is 0. The van der Waals surface area contributed by atoms with Gasteiger partial charge in [-0.3, -0.25) is 10.5 Å². The average molecular weight is 225 g/mol. The van der Waals surface area contributed by atoms with Gasteiger partial charge in [0.15, 0.2) is 0 Å². The molecule has 0 fully saturated rings. The first-order valence-electron chi connectivity index (χ1n) is 4.69. The monoisotopic (exact) mass is 225 g/mol. The van der Waals surface area contributed by atoms with Crippen LogP contribution in [-0.4, -0.2) is 18.5 Å². The van der Waals surface area contributed by atoms with E-state index in [9.17, 15) is 4.79 Å². The van der Waals surface area contributed by atoms with E-state index in [1.807, 2.05) is 36.6 Å². The smallest absolute Gasteiger partial charge is 0.325 e. The number of carbonyl (C=O) groups is 1. The van der Waals surface area contributed by atoms with Crippen LogP contribution in [0.15, 0.2) is 30.3 Å². The van der Waals surface area contributed by atoms with E-state index in [1.165, 1.54) is 11.8 Å². The lowest BCUT2D eigenvalue weighted by Crippen LogP contribution is -2.26. The second-order valence-corrected chi connectivity index (χ2v) is 4.11. The Morgan fingerprint density at radius 3 is 2.47 bits per heavy atom. The first kappa shape index (κ1) is 12.1. The molecule has 0 amide bonds. The van der Waals surface area contributed by atoms with Gasteiger partial charge in [-0.15, -0.1) is 11.8 Å². The van der Waals surface area contributed by atoms with Crippen LogP contribution < -0.4 is 5.73 Å². The summed E-state index contributed by atoms with van der Waals surface area (Å²) in [6.07, 6.45) is 1.32. The zero-order chi connectivity index (χ0) is 11.3. The summed E-state index contributed by atoms with van der Waals surface area (Å²) in [6, 6.07) is 9.53. The summed E-state index contributed by atoms with van der Waals surface area (Å²) in [5.41, 5.74) is 6.35. The van der Waals surface area contributed by atoms with Gasteiger partial charge < -0.3 is 4.74 Å². The normalized spacial score (nSPS) is 14.3. The van der Waals surface area contributed by atoms with Crippen LogP contribution in [0.4, 0.5) is 0 Å². The summed E-state index contributed by atoms with van der Waals surface area (Å²) >= 11 is 1.44. The van der Waals surface area contributed by atoms with E-state index in [1.54, 1.807) is 6.92 Å². The predicted molar refractivity (Wildman–Crippen MR) is 62.4 cm³/mol. The molecule has 0 heterocycles. The summed E-state index contributed by atoms with van der Waals surface area (Å²) in [4.78, 5) is 11.7. The van der Waals surface area contributed by atoms with Crippen molar-refractivity contribution in [3.05, 3.63) is 35.9 Å². The van der Waals surface area contributed by atoms with Crippen LogP contribution >= 0.6 is 11.8 Å². The Balaban J connectivity index is 2.76. The van der Waals surface area contributed by atoms with Crippen LogP contribution in [0.5, 0.6) is 0 Å². The Hall–Kier alpha value is -1.00. The molecule has 0 aliphatic heterocycles. The molecule has 0 saturated heterocycles. The molecule has 2 unspecified atom stereocenters. The molecule has 1 aromatic carbocycles. The maximum Gasteiger partial charge on any atom is 0.325 e. The molecule has 3 nitrogen and oxygen atoms in total. The lowest BCUT2D eigenvalue weighted by Gasteiger charge is -2.15. The molecular weight excluding hydrogens is 210 g/mol. The molecule has 0 radical (unpaired) electrons. The Kier molecular flexibility index (Phi) is 4.65. The molecule has 82 valence electrons. The van der Waals surface area contributed by atoms with Crippen molar-refractivity contribution in [2.75, 3.05) is 6.26 Å². The molecule has 0 spiro atoms. The minimum Gasteiger partial charge on any atom is -0.446 e. The van der Waals surface area contributed by atoms with Gasteiger partial charge in [0, 0.05) is 0 Å². The van der Waals surface area contributed by atoms with Gasteiger partial charge in [0.2, 0.25) is 0 Å². The van der Waals surface area contributed by atoms with Crippen LogP contribution in [0.25, 0.3) is 0 Å². The number of carbonyl (C=O) groups excluding carboxylic acids is 1. The predicted octanol–water partition coefficient (Wildman–Crippen LogP) is 1.94. The van der Waals surface area contributed by atoms with Gasteiger partial charge in [-0.05, 0) is 18.7 Å². The highest BCUT2D eigenvalue weighted by molar-refractivity contribution is 7.99. The van der Waals surface area contributed by atoms with Crippen LogP contribution in [0.1, 0.15) is 17.7 Å². The minimum atomic E-state index is -0.559. The Morgan fingerprint density at radius 1 is 1.40 bits per heavy atom. The number of rotatable bonds is 4. The van der Waals surface area contributed by atoms with Gasteiger partial charge in [0.1, 0.15) is 11.5 Å². The quantitative estimate of drug-likeness (QED) is 0.628. The molecule has 0 saturated carbocycles. The maximum atomic E-state index is 11.7. The SMILES string of the molecule is CSC(C(=O)OC(C)N)c1ccccc1. The van der Waals surface area contributed by atoms with E-state index >= 15 is 0 Å². The average Bonchev–Trinajstić information content (AvgIpc) is 2.19. The number of thioether (sulfide) groups is 1. The lowest BCUT2D eigenvalue weighted by molar-refractivity contribution is -0.147. The first-order chi connectivity index (χ1) is 7.15. The topological polar surface area (TPSA) is 52.3 Å². The highest BCUT2D eigenvalue weighted by Gasteiger charge is 2.21. The van der Waals surface area contributed by atoms with Crippen molar-refractivity contribution < 1.29 is 9.53 Å². The Labute approximate surface area is 94.0 Å². The van der Waals surface area contributed by atoms with E-state index in [4.69, 9.17) is 10.5 Å². The molecule has 4 heteroatoms. The van der Waals surface area contributed by atoms with Crippen molar-refractivity contribution in [1.82, 2.24) is 0 Å². The second kappa shape index (κ2) is 5.78. The molecule has 15 heavy (non-hydrogen) atoms. The largest absolute Gasteiger partial charge is 0.446 e. The van der Waals surface area contributed by atoms with Gasteiger partial charge >= 0.3 is 5.97 Å². The van der Waals surface area contributed by atoms with Crippen molar-refractivity contribution in [3.8, 4) is 0 Å². The minimum absolute atomic E-state index is 0.288. The lowest BCUT2D eigenvalue weighted by atomic mass is 10.1. The van der Waals surface area contributed by atoms with Gasteiger partial charge in [0.05, 0.1) is 0 Å². The van der Waals surface area contributed by atoms with Gasteiger partial charge in [0.25, 0.3) is 0 Å². The highest BCUT2D eigenvalue weighted by Crippen LogP contribution is 2.27. The third-order valence-electron chi connectivity index (χ3n) is 1.85. The van der Waals surface area contributed by atoms with Crippen molar-refractivity contribution in [2.24, 2.45) is 5.73 Å². The Morgan fingerprint density at radius 2 is 2.00 bits per heavy atom. The fourth-order valence-corrected chi connectivity index (χ4v) is 1.92. The molecule has 2 N–H and O–H groups in total. The van der Waals surface area contributed by atoms with E-state index in [-0.39, 0.29) is 11.2 Å². The molecule has 0 bridgehead atoms. The maximum absolute atomic E-state index is 11.7. The number of nitrogens with two attached hydrogens (primary N) is 1. The van der Waals surface area contributed by atoms with Gasteiger partial charge in [-0.2, -0.15) is 0 Å². The molecular formula is C11H15NO2S. The van der Waals surface area contributed by atoms with Crippen molar-refractivity contribution in [2.45, 2.75) is 18.4 Å². The van der Waals surface area contributed by atoms with Crippen LogP contribution in [0.2, 0.25) is 0 Å². The van der Waals surface area contributed by atoms with E-state index in [2.05, 4.69) is 0 Å². The number of esters is 1. The molecule has 0 aromatic heterocycles. The number of hydrogen-bond donors (Lipinski definition) is 1. The third-order valence-corrected chi connectivity index (χ3v) is 2.79. The van der Waals surface area contributed by atoms with Crippen LogP contribution in [0.3, 0.4) is 0 Å². The zero-order valence-corrected chi connectivity index (χ0v) is 9.66. The summed E-state index contributed by atoms with van der Waals surface area (Å²) in [5.74, 6) is -0.288. The van der Waals surface area contributed by atoms with E-state index in [0.717, 1.165) is 5.56 Å². The summed E-state index contributed by atoms with van der Waals surface area (Å²) < 4.78 is 4.98. The fourth-order valence-electron chi connectivity index (χ4n) is 1.24. The van der Waals surface area contributed by atoms with Crippen molar-refractivity contribution in [1.29, 1.82) is 0 Å². The standard InChI is InChI=1S/C11H15NO2S/c1-8(12)14-11(13)10(15-2)9-6-4-3-5-7-9/h3-8,10H,12H2,1-2H3. The number of hydrogen-bond acceptors (Lipinski definition) is 4. The fraction of sp³-hybridized carbons (Fsp3) is 0.364. The van der Waals surface area contributed by atoms with Gasteiger partial charge in [-0.25, -0.2) is 0 Å². The third kappa shape index (κ3) is 3.57. The summed E-state index contributed by atoms with van der Waals surface area (Å²) in [6.45, 7) is 1.64. The van der Waals surface area contributed by atoms with Crippen molar-refractivity contribution in [3.63, 3.8) is 0 Å². The molecule has 1 rings (SSSR count). The number of ether oxygens (including phenoxy) is 1.